The first kappa shape index (κ1) is 19.2. The molecule has 1 amide bonds. The van der Waals surface area contributed by atoms with E-state index in [1.807, 2.05) is 12.1 Å². The number of amides is 1. The standard InChI is InChI=1S/C19H27BrN4O2/c1-2-21-18(24-11-7-19(13-24)8-12-26-14-19)23-10-9-22-17(25)15-3-5-16(20)6-4-15/h3-6H,2,7-14H2,1H3,(H,21,23)(H,22,25). The lowest BCUT2D eigenvalue weighted by atomic mass is 9.87. The van der Waals surface area contributed by atoms with Crippen molar-refractivity contribution in [1.82, 2.24) is 15.5 Å². The van der Waals surface area contributed by atoms with Gasteiger partial charge in [-0.15, -0.1) is 0 Å². The van der Waals surface area contributed by atoms with Crippen molar-refractivity contribution in [3.8, 4) is 0 Å². The molecule has 0 radical (unpaired) electrons. The smallest absolute Gasteiger partial charge is 0.251 e. The summed E-state index contributed by atoms with van der Waals surface area (Å²) in [6, 6.07) is 7.35. The van der Waals surface area contributed by atoms with Gasteiger partial charge in [-0.25, -0.2) is 0 Å². The number of hydrogen-bond acceptors (Lipinski definition) is 3. The van der Waals surface area contributed by atoms with Crippen LogP contribution in [-0.2, 0) is 4.74 Å². The zero-order valence-corrected chi connectivity index (χ0v) is 16.8. The maximum absolute atomic E-state index is 12.1. The maximum atomic E-state index is 12.1. The molecule has 2 heterocycles. The van der Waals surface area contributed by atoms with Gasteiger partial charge in [-0.2, -0.15) is 0 Å². The third-order valence-electron chi connectivity index (χ3n) is 5.02. The van der Waals surface area contributed by atoms with Crippen LogP contribution in [-0.4, -0.2) is 62.7 Å². The third-order valence-corrected chi connectivity index (χ3v) is 5.55. The van der Waals surface area contributed by atoms with Gasteiger partial charge in [0.05, 0.1) is 13.2 Å². The number of nitrogens with one attached hydrogen (secondary N) is 2. The molecule has 26 heavy (non-hydrogen) atoms. The van der Waals surface area contributed by atoms with Gasteiger partial charge in [0.2, 0.25) is 0 Å². The van der Waals surface area contributed by atoms with Gasteiger partial charge >= 0.3 is 0 Å². The van der Waals surface area contributed by atoms with Crippen LogP contribution in [0.1, 0.15) is 30.1 Å². The number of halogens is 1. The predicted octanol–water partition coefficient (Wildman–Crippen LogP) is 2.26. The third kappa shape index (κ3) is 4.76. The minimum atomic E-state index is -0.0686. The highest BCUT2D eigenvalue weighted by Gasteiger charge is 2.42. The fourth-order valence-electron chi connectivity index (χ4n) is 3.55. The molecule has 1 atom stereocenters. The fraction of sp³-hybridized carbons (Fsp3) is 0.579. The number of carbonyl (C=O) groups is 1. The largest absolute Gasteiger partial charge is 0.381 e. The molecule has 2 aliphatic heterocycles. The molecule has 2 aliphatic rings. The first-order chi connectivity index (χ1) is 12.6. The molecule has 3 rings (SSSR count). The summed E-state index contributed by atoms with van der Waals surface area (Å²) in [7, 11) is 0. The molecule has 142 valence electrons. The quantitative estimate of drug-likeness (QED) is 0.433. The van der Waals surface area contributed by atoms with E-state index in [9.17, 15) is 4.79 Å². The van der Waals surface area contributed by atoms with E-state index in [0.29, 0.717) is 24.1 Å². The van der Waals surface area contributed by atoms with E-state index in [1.54, 1.807) is 12.1 Å². The molecule has 0 aromatic heterocycles. The Morgan fingerprint density at radius 1 is 1.31 bits per heavy atom. The highest BCUT2D eigenvalue weighted by Crippen LogP contribution is 2.38. The van der Waals surface area contributed by atoms with Crippen LogP contribution in [0.3, 0.4) is 0 Å². The number of rotatable bonds is 5. The minimum absolute atomic E-state index is 0.0686. The first-order valence-electron chi connectivity index (χ1n) is 9.27. The molecular weight excluding hydrogens is 396 g/mol. The van der Waals surface area contributed by atoms with Gasteiger partial charge in [0, 0.05) is 48.2 Å². The van der Waals surface area contributed by atoms with Crippen molar-refractivity contribution in [2.75, 3.05) is 45.9 Å². The number of aliphatic imine (C=N–C) groups is 1. The Morgan fingerprint density at radius 3 is 2.81 bits per heavy atom. The fourth-order valence-corrected chi connectivity index (χ4v) is 3.81. The zero-order valence-electron chi connectivity index (χ0n) is 15.3. The Labute approximate surface area is 163 Å². The van der Waals surface area contributed by atoms with Crippen molar-refractivity contribution in [1.29, 1.82) is 0 Å². The number of guanidine groups is 1. The Bertz CT molecular complexity index is 641. The number of nitrogens with zero attached hydrogens (tertiary/aromatic N) is 2. The average molecular weight is 423 g/mol. The summed E-state index contributed by atoms with van der Waals surface area (Å²) in [6.45, 7) is 7.76. The van der Waals surface area contributed by atoms with Crippen molar-refractivity contribution in [2.45, 2.75) is 19.8 Å². The van der Waals surface area contributed by atoms with Crippen LogP contribution in [0, 0.1) is 5.41 Å². The highest BCUT2D eigenvalue weighted by molar-refractivity contribution is 9.10. The number of likely N-dealkylation sites (tertiary alicyclic amines) is 1. The summed E-state index contributed by atoms with van der Waals surface area (Å²) in [5.41, 5.74) is 0.971. The van der Waals surface area contributed by atoms with E-state index in [4.69, 9.17) is 9.73 Å². The van der Waals surface area contributed by atoms with Crippen LogP contribution >= 0.6 is 15.9 Å². The molecule has 7 heteroatoms. The SMILES string of the molecule is CCNC(=NCCNC(=O)c1ccc(Br)cc1)N1CCC2(CCOC2)C1. The molecule has 6 nitrogen and oxygen atoms in total. The van der Waals surface area contributed by atoms with E-state index in [1.165, 1.54) is 0 Å². The van der Waals surface area contributed by atoms with Crippen molar-refractivity contribution >= 4 is 27.8 Å². The molecule has 0 bridgehead atoms. The van der Waals surface area contributed by atoms with Gasteiger partial charge in [0.25, 0.3) is 5.91 Å². The molecule has 1 spiro atoms. The summed E-state index contributed by atoms with van der Waals surface area (Å²) < 4.78 is 6.57. The van der Waals surface area contributed by atoms with Crippen LogP contribution in [0.4, 0.5) is 0 Å². The lowest BCUT2D eigenvalue weighted by Gasteiger charge is -2.25. The Morgan fingerprint density at radius 2 is 2.12 bits per heavy atom. The average Bonchev–Trinajstić information content (AvgIpc) is 3.28. The molecule has 1 aromatic rings. The molecule has 2 saturated heterocycles. The van der Waals surface area contributed by atoms with Crippen LogP contribution in [0.5, 0.6) is 0 Å². The Hall–Kier alpha value is -1.60. The topological polar surface area (TPSA) is 66.0 Å². The molecule has 2 N–H and O–H groups in total. The van der Waals surface area contributed by atoms with E-state index >= 15 is 0 Å². The van der Waals surface area contributed by atoms with Crippen molar-refractivity contribution in [3.63, 3.8) is 0 Å². The molecule has 0 aliphatic carbocycles. The molecule has 2 fully saturated rings. The summed E-state index contributed by atoms with van der Waals surface area (Å²) in [5.74, 6) is 0.870. The van der Waals surface area contributed by atoms with Crippen LogP contribution in [0.25, 0.3) is 0 Å². The lowest BCUT2D eigenvalue weighted by molar-refractivity contribution is 0.0954. The maximum Gasteiger partial charge on any atom is 0.251 e. The number of carbonyl (C=O) groups excluding carboxylic acids is 1. The van der Waals surface area contributed by atoms with E-state index < -0.39 is 0 Å². The van der Waals surface area contributed by atoms with Crippen LogP contribution < -0.4 is 10.6 Å². The van der Waals surface area contributed by atoms with Gasteiger partial charge < -0.3 is 20.3 Å². The van der Waals surface area contributed by atoms with Gasteiger partial charge in [0.1, 0.15) is 0 Å². The van der Waals surface area contributed by atoms with E-state index in [0.717, 1.165) is 56.1 Å². The summed E-state index contributed by atoms with van der Waals surface area (Å²) in [4.78, 5) is 19.2. The van der Waals surface area contributed by atoms with E-state index in [2.05, 4.69) is 38.4 Å². The predicted molar refractivity (Wildman–Crippen MR) is 107 cm³/mol. The van der Waals surface area contributed by atoms with E-state index in [-0.39, 0.29) is 5.91 Å². The lowest BCUT2D eigenvalue weighted by Crippen LogP contribution is -2.42. The highest BCUT2D eigenvalue weighted by atomic mass is 79.9. The Balaban J connectivity index is 1.50. The van der Waals surface area contributed by atoms with Crippen molar-refractivity contribution in [3.05, 3.63) is 34.3 Å². The second-order valence-electron chi connectivity index (χ2n) is 6.97. The second kappa shape index (κ2) is 8.86. The van der Waals surface area contributed by atoms with Gasteiger partial charge in [-0.1, -0.05) is 15.9 Å². The molecule has 1 unspecified atom stereocenters. The van der Waals surface area contributed by atoms with Crippen molar-refractivity contribution in [2.24, 2.45) is 10.4 Å². The van der Waals surface area contributed by atoms with Gasteiger partial charge in [-0.3, -0.25) is 9.79 Å². The van der Waals surface area contributed by atoms with Gasteiger partial charge in [0.15, 0.2) is 5.96 Å². The normalized spacial score (nSPS) is 22.8. The van der Waals surface area contributed by atoms with Crippen LogP contribution in [0.15, 0.2) is 33.7 Å². The molecule has 0 saturated carbocycles. The monoisotopic (exact) mass is 422 g/mol. The Kier molecular flexibility index (Phi) is 6.53. The zero-order chi connectivity index (χ0) is 18.4. The first-order valence-corrected chi connectivity index (χ1v) is 10.1. The summed E-state index contributed by atoms with van der Waals surface area (Å²) >= 11 is 3.37. The minimum Gasteiger partial charge on any atom is -0.381 e. The van der Waals surface area contributed by atoms with Crippen LogP contribution in [0.2, 0.25) is 0 Å². The number of benzene rings is 1. The van der Waals surface area contributed by atoms with Gasteiger partial charge in [-0.05, 0) is 44.0 Å². The number of ether oxygens (including phenoxy) is 1. The summed E-state index contributed by atoms with van der Waals surface area (Å²) in [5, 5.41) is 6.30. The molecule has 1 aromatic carbocycles. The second-order valence-corrected chi connectivity index (χ2v) is 7.89. The number of hydrogen-bond donors (Lipinski definition) is 2. The summed E-state index contributed by atoms with van der Waals surface area (Å²) in [6.07, 6.45) is 2.31. The molecular formula is C19H27BrN4O2. The van der Waals surface area contributed by atoms with Crippen molar-refractivity contribution < 1.29 is 9.53 Å².